The summed E-state index contributed by atoms with van der Waals surface area (Å²) in [6.07, 6.45) is 6.20. The summed E-state index contributed by atoms with van der Waals surface area (Å²) in [6, 6.07) is 0. The van der Waals surface area contributed by atoms with Crippen LogP contribution in [0.1, 0.15) is 52.4 Å². The summed E-state index contributed by atoms with van der Waals surface area (Å²) < 4.78 is 5.42. The van der Waals surface area contributed by atoms with E-state index in [0.717, 1.165) is 25.7 Å². The molecule has 3 heteroatoms. The van der Waals surface area contributed by atoms with Crippen LogP contribution >= 0.6 is 0 Å². The molecule has 3 nitrogen and oxygen atoms in total. The van der Waals surface area contributed by atoms with E-state index in [-0.39, 0.29) is 17.2 Å². The normalized spacial score (nSPS) is 22.1. The highest BCUT2D eigenvalue weighted by Crippen LogP contribution is 2.38. The Bertz CT molecular complexity index is 232. The Morgan fingerprint density at radius 3 is 2.24 bits per heavy atom. The van der Waals surface area contributed by atoms with Gasteiger partial charge in [0.15, 0.2) is 0 Å². The van der Waals surface area contributed by atoms with Crippen molar-refractivity contribution in [2.75, 3.05) is 21.2 Å². The van der Waals surface area contributed by atoms with E-state index in [9.17, 15) is 5.11 Å². The SMILES string of the molecule is COC(C)(C)CCC(O)C1(N(C)C)CCCC1. The van der Waals surface area contributed by atoms with Crippen LogP contribution in [0.5, 0.6) is 0 Å². The Balaban J connectivity index is 2.58. The van der Waals surface area contributed by atoms with E-state index < -0.39 is 0 Å². The van der Waals surface area contributed by atoms with Gasteiger partial charge in [0.05, 0.1) is 11.7 Å². The fraction of sp³-hybridized carbons (Fsp3) is 1.00. The van der Waals surface area contributed by atoms with E-state index in [0.29, 0.717) is 0 Å². The first-order valence-electron chi connectivity index (χ1n) is 6.75. The predicted octanol–water partition coefficient (Wildman–Crippen LogP) is 2.43. The lowest BCUT2D eigenvalue weighted by atomic mass is 9.84. The number of ether oxygens (including phenoxy) is 1. The molecule has 1 N–H and O–H groups in total. The molecular weight excluding hydrogens is 214 g/mol. The van der Waals surface area contributed by atoms with Gasteiger partial charge in [-0.2, -0.15) is 0 Å². The van der Waals surface area contributed by atoms with Crippen molar-refractivity contribution < 1.29 is 9.84 Å². The minimum Gasteiger partial charge on any atom is -0.391 e. The van der Waals surface area contributed by atoms with E-state index in [1.54, 1.807) is 7.11 Å². The van der Waals surface area contributed by atoms with Gasteiger partial charge in [-0.25, -0.2) is 0 Å². The Morgan fingerprint density at radius 1 is 1.29 bits per heavy atom. The summed E-state index contributed by atoms with van der Waals surface area (Å²) in [5.74, 6) is 0. The maximum atomic E-state index is 10.5. The summed E-state index contributed by atoms with van der Waals surface area (Å²) in [5.41, 5.74) is -0.128. The second-order valence-electron chi connectivity index (χ2n) is 6.22. The van der Waals surface area contributed by atoms with E-state index in [1.165, 1.54) is 12.8 Å². The van der Waals surface area contributed by atoms with E-state index in [4.69, 9.17) is 4.74 Å². The summed E-state index contributed by atoms with van der Waals surface area (Å²) in [5, 5.41) is 10.5. The summed E-state index contributed by atoms with van der Waals surface area (Å²) >= 11 is 0. The van der Waals surface area contributed by atoms with Crippen molar-refractivity contribution in [3.05, 3.63) is 0 Å². The second kappa shape index (κ2) is 5.68. The third-order valence-electron chi connectivity index (χ3n) is 4.55. The molecule has 0 aliphatic heterocycles. The van der Waals surface area contributed by atoms with Crippen molar-refractivity contribution in [2.24, 2.45) is 0 Å². The van der Waals surface area contributed by atoms with Gasteiger partial charge < -0.3 is 14.7 Å². The van der Waals surface area contributed by atoms with Crippen LogP contribution in [0.2, 0.25) is 0 Å². The minimum absolute atomic E-state index is 0.00379. The molecule has 102 valence electrons. The standard InChI is InChI=1S/C14H29NO2/c1-13(2,17-5)11-8-12(16)14(15(3)4)9-6-7-10-14/h12,16H,6-11H2,1-5H3. The van der Waals surface area contributed by atoms with E-state index in [1.807, 2.05) is 0 Å². The molecule has 0 bridgehead atoms. The van der Waals surface area contributed by atoms with Gasteiger partial charge in [-0.3, -0.25) is 0 Å². The number of rotatable bonds is 6. The molecule has 0 heterocycles. The average Bonchev–Trinajstić information content (AvgIpc) is 2.76. The van der Waals surface area contributed by atoms with E-state index >= 15 is 0 Å². The molecule has 0 aromatic heterocycles. The van der Waals surface area contributed by atoms with Crippen LogP contribution in [0.4, 0.5) is 0 Å². The molecule has 0 aromatic rings. The number of nitrogens with zero attached hydrogens (tertiary/aromatic N) is 1. The van der Waals surface area contributed by atoms with Crippen molar-refractivity contribution in [2.45, 2.75) is 69.6 Å². The largest absolute Gasteiger partial charge is 0.391 e. The summed E-state index contributed by atoms with van der Waals surface area (Å²) in [6.45, 7) is 4.16. The van der Waals surface area contributed by atoms with Gasteiger partial charge >= 0.3 is 0 Å². The average molecular weight is 243 g/mol. The smallest absolute Gasteiger partial charge is 0.0724 e. The van der Waals surface area contributed by atoms with Gasteiger partial charge in [0.2, 0.25) is 0 Å². The lowest BCUT2D eigenvalue weighted by Crippen LogP contribution is -2.52. The highest BCUT2D eigenvalue weighted by atomic mass is 16.5. The Hall–Kier alpha value is -0.120. The second-order valence-corrected chi connectivity index (χ2v) is 6.22. The molecule has 1 rings (SSSR count). The number of hydrogen-bond donors (Lipinski definition) is 1. The zero-order valence-corrected chi connectivity index (χ0v) is 12.1. The van der Waals surface area contributed by atoms with Crippen LogP contribution < -0.4 is 0 Å². The first-order valence-corrected chi connectivity index (χ1v) is 6.75. The van der Waals surface area contributed by atoms with Crippen LogP contribution in [-0.4, -0.2) is 48.5 Å². The van der Waals surface area contributed by atoms with Crippen LogP contribution in [0.3, 0.4) is 0 Å². The van der Waals surface area contributed by atoms with Crippen LogP contribution in [0, 0.1) is 0 Å². The minimum atomic E-state index is -0.241. The summed E-state index contributed by atoms with van der Waals surface area (Å²) in [4.78, 5) is 2.23. The quantitative estimate of drug-likeness (QED) is 0.777. The first-order chi connectivity index (χ1) is 7.84. The Morgan fingerprint density at radius 2 is 1.82 bits per heavy atom. The number of hydrogen-bond acceptors (Lipinski definition) is 3. The molecule has 1 atom stereocenters. The van der Waals surface area contributed by atoms with Gasteiger partial charge in [0, 0.05) is 12.6 Å². The number of aliphatic hydroxyl groups excluding tert-OH is 1. The van der Waals surface area contributed by atoms with Gasteiger partial charge in [0.1, 0.15) is 0 Å². The number of aliphatic hydroxyl groups is 1. The third-order valence-corrected chi connectivity index (χ3v) is 4.55. The first kappa shape index (κ1) is 14.9. The van der Waals surface area contributed by atoms with Crippen LogP contribution in [-0.2, 0) is 4.74 Å². The molecule has 1 aliphatic rings. The van der Waals surface area contributed by atoms with Crippen molar-refractivity contribution in [3.63, 3.8) is 0 Å². The third kappa shape index (κ3) is 3.43. The fourth-order valence-corrected chi connectivity index (χ4v) is 2.92. The number of methoxy groups -OCH3 is 1. The topological polar surface area (TPSA) is 32.7 Å². The zero-order valence-electron chi connectivity index (χ0n) is 12.1. The zero-order chi connectivity index (χ0) is 13.1. The van der Waals surface area contributed by atoms with Crippen molar-refractivity contribution >= 4 is 0 Å². The monoisotopic (exact) mass is 243 g/mol. The molecule has 0 radical (unpaired) electrons. The number of likely N-dealkylation sites (N-methyl/N-ethyl adjacent to an activating group) is 1. The van der Waals surface area contributed by atoms with Crippen molar-refractivity contribution in [1.82, 2.24) is 4.90 Å². The molecule has 0 spiro atoms. The lowest BCUT2D eigenvalue weighted by Gasteiger charge is -2.41. The molecule has 0 amide bonds. The van der Waals surface area contributed by atoms with Crippen LogP contribution in [0.25, 0.3) is 0 Å². The highest BCUT2D eigenvalue weighted by Gasteiger charge is 2.42. The molecule has 0 saturated heterocycles. The predicted molar refractivity (Wildman–Crippen MR) is 71.2 cm³/mol. The maximum absolute atomic E-state index is 10.5. The lowest BCUT2D eigenvalue weighted by molar-refractivity contribution is -0.0365. The molecule has 1 aliphatic carbocycles. The van der Waals surface area contributed by atoms with E-state index in [2.05, 4.69) is 32.8 Å². The van der Waals surface area contributed by atoms with Gasteiger partial charge in [-0.1, -0.05) is 12.8 Å². The molecule has 1 fully saturated rings. The molecule has 17 heavy (non-hydrogen) atoms. The van der Waals surface area contributed by atoms with Crippen LogP contribution in [0.15, 0.2) is 0 Å². The Kier molecular flexibility index (Phi) is 4.99. The van der Waals surface area contributed by atoms with Crippen molar-refractivity contribution in [3.8, 4) is 0 Å². The fourth-order valence-electron chi connectivity index (χ4n) is 2.92. The molecule has 1 unspecified atom stereocenters. The Labute approximate surface area is 106 Å². The van der Waals surface area contributed by atoms with Gasteiger partial charge in [-0.15, -0.1) is 0 Å². The van der Waals surface area contributed by atoms with Gasteiger partial charge in [-0.05, 0) is 53.6 Å². The molecule has 0 aromatic carbocycles. The maximum Gasteiger partial charge on any atom is 0.0724 e. The van der Waals surface area contributed by atoms with Crippen molar-refractivity contribution in [1.29, 1.82) is 0 Å². The summed E-state index contributed by atoms with van der Waals surface area (Å²) in [7, 11) is 5.93. The molecule has 1 saturated carbocycles. The highest BCUT2D eigenvalue weighted by molar-refractivity contribution is 4.98. The van der Waals surface area contributed by atoms with Gasteiger partial charge in [0.25, 0.3) is 0 Å². The molecular formula is C14H29NO2.